The molecule has 2 N–H and O–H groups in total. The zero-order chi connectivity index (χ0) is 57.7. The lowest BCUT2D eigenvalue weighted by Gasteiger charge is -2.29. The molecular weight excluding hydrogens is 996 g/mol. The summed E-state index contributed by atoms with van der Waals surface area (Å²) in [5.41, 5.74) is 0. The fourth-order valence-corrected chi connectivity index (χ4v) is 11.7. The minimum atomic E-state index is -4.61. The van der Waals surface area contributed by atoms with Crippen molar-refractivity contribution in [2.45, 2.75) is 379 Å². The standard InChI is InChI=1S/C70H139N2O6P/c1-6-8-10-12-14-16-18-20-22-24-26-28-30-32-33-34-35-36-37-38-40-41-43-45-47-49-51-53-55-57-59-61-63-69(73)68(67-78-79(75,76)77-66-65-72(3,4)5)71-70(74)64-62-60-58-56-54-52-50-48-46-44-42-39-31-29-27-25-23-21-19-17-15-13-11-9-7-2/h53,55,61,63,68-69,73H,6-52,54,56-60,62,64-67H2,1-5H3,(H-,71,74,75,76)/b55-53+,63-61+. The lowest BCUT2D eigenvalue weighted by molar-refractivity contribution is -0.870. The van der Waals surface area contributed by atoms with Crippen molar-refractivity contribution in [2.24, 2.45) is 0 Å². The number of likely N-dealkylation sites (N-methyl/N-ethyl adjacent to an activating group) is 1. The lowest BCUT2D eigenvalue weighted by Crippen LogP contribution is -2.45. The number of carbonyl (C=O) groups is 1. The Balaban J connectivity index is 4.06. The smallest absolute Gasteiger partial charge is 0.268 e. The van der Waals surface area contributed by atoms with Crippen molar-refractivity contribution >= 4 is 13.7 Å². The summed E-state index contributed by atoms with van der Waals surface area (Å²) < 4.78 is 23.4. The Morgan fingerprint density at radius 3 is 1.03 bits per heavy atom. The second kappa shape index (κ2) is 61.5. The van der Waals surface area contributed by atoms with Crippen LogP contribution >= 0.6 is 7.82 Å². The normalized spacial score (nSPS) is 13.8. The number of phosphoric acid groups is 1. The fraction of sp³-hybridized carbons (Fsp3) is 0.929. The number of rotatable bonds is 66. The Labute approximate surface area is 494 Å². The van der Waals surface area contributed by atoms with E-state index >= 15 is 0 Å². The van der Waals surface area contributed by atoms with E-state index in [1.807, 2.05) is 27.2 Å². The van der Waals surface area contributed by atoms with Gasteiger partial charge in [-0.3, -0.25) is 9.36 Å². The van der Waals surface area contributed by atoms with Gasteiger partial charge in [-0.05, 0) is 32.1 Å². The maximum atomic E-state index is 13.0. The maximum Gasteiger partial charge on any atom is 0.268 e. The van der Waals surface area contributed by atoms with E-state index < -0.39 is 20.0 Å². The first-order valence-corrected chi connectivity index (χ1v) is 36.7. The van der Waals surface area contributed by atoms with E-state index in [9.17, 15) is 19.4 Å². The summed E-state index contributed by atoms with van der Waals surface area (Å²) in [6.45, 7) is 4.70. The Morgan fingerprint density at radius 1 is 0.430 bits per heavy atom. The molecule has 0 spiro atoms. The zero-order valence-electron chi connectivity index (χ0n) is 53.9. The number of nitrogens with one attached hydrogen (secondary N) is 1. The second-order valence-corrected chi connectivity index (χ2v) is 27.0. The molecule has 0 aromatic heterocycles. The van der Waals surface area contributed by atoms with Crippen LogP contribution in [-0.2, 0) is 18.4 Å². The molecular formula is C70H139N2O6P. The van der Waals surface area contributed by atoms with Crippen LogP contribution in [0.5, 0.6) is 0 Å². The average Bonchev–Trinajstić information content (AvgIpc) is 3.42. The number of aliphatic hydroxyl groups excluding tert-OH is 1. The van der Waals surface area contributed by atoms with E-state index in [1.54, 1.807) is 6.08 Å². The molecule has 0 aliphatic carbocycles. The third kappa shape index (κ3) is 64.4. The van der Waals surface area contributed by atoms with Crippen molar-refractivity contribution in [2.75, 3.05) is 40.9 Å². The predicted molar refractivity (Wildman–Crippen MR) is 344 cm³/mol. The molecule has 0 bridgehead atoms. The van der Waals surface area contributed by atoms with Crippen LogP contribution in [0.15, 0.2) is 24.3 Å². The van der Waals surface area contributed by atoms with Crippen LogP contribution in [0.3, 0.4) is 0 Å². The summed E-state index contributed by atoms with van der Waals surface area (Å²) in [5, 5.41) is 13.9. The topological polar surface area (TPSA) is 108 Å². The van der Waals surface area contributed by atoms with Crippen LogP contribution in [-0.4, -0.2) is 68.5 Å². The molecule has 9 heteroatoms. The van der Waals surface area contributed by atoms with Crippen molar-refractivity contribution in [3.05, 3.63) is 24.3 Å². The van der Waals surface area contributed by atoms with E-state index in [4.69, 9.17) is 9.05 Å². The average molecular weight is 1140 g/mol. The first-order valence-electron chi connectivity index (χ1n) is 35.2. The monoisotopic (exact) mass is 1140 g/mol. The first kappa shape index (κ1) is 78.0. The van der Waals surface area contributed by atoms with E-state index in [-0.39, 0.29) is 19.1 Å². The number of amides is 1. The van der Waals surface area contributed by atoms with Gasteiger partial charge in [-0.25, -0.2) is 0 Å². The van der Waals surface area contributed by atoms with Gasteiger partial charge in [0.1, 0.15) is 13.2 Å². The number of hydrogen-bond acceptors (Lipinski definition) is 6. The Kier molecular flexibility index (Phi) is 60.7. The van der Waals surface area contributed by atoms with Crippen LogP contribution < -0.4 is 10.2 Å². The Hall–Kier alpha value is -1.02. The minimum Gasteiger partial charge on any atom is -0.756 e. The molecule has 0 saturated heterocycles. The molecule has 0 saturated carbocycles. The van der Waals surface area contributed by atoms with Crippen LogP contribution in [0.1, 0.15) is 367 Å². The summed E-state index contributed by atoms with van der Waals surface area (Å²) in [6.07, 6.45) is 80.3. The molecule has 8 nitrogen and oxygen atoms in total. The predicted octanol–water partition coefficient (Wildman–Crippen LogP) is 21.6. The van der Waals surface area contributed by atoms with Gasteiger partial charge in [0.15, 0.2) is 0 Å². The van der Waals surface area contributed by atoms with Gasteiger partial charge in [-0.15, -0.1) is 0 Å². The van der Waals surface area contributed by atoms with Gasteiger partial charge in [-0.2, -0.15) is 0 Å². The highest BCUT2D eigenvalue weighted by Crippen LogP contribution is 2.38. The summed E-state index contributed by atoms with van der Waals surface area (Å²) in [7, 11) is 1.26. The Bertz CT molecular complexity index is 1340. The molecule has 1 amide bonds. The fourth-order valence-electron chi connectivity index (χ4n) is 10.9. The summed E-state index contributed by atoms with van der Waals surface area (Å²) in [6, 6.07) is -0.902. The van der Waals surface area contributed by atoms with Gasteiger partial charge >= 0.3 is 0 Å². The molecule has 0 fully saturated rings. The SMILES string of the molecule is CCCCCCCCCCCCCCCCCCCCCCCCCCCC/C=C/CC/C=C/C(O)C(COP(=O)([O-])OCC[N+](C)(C)C)NC(=O)CCCCCCCCCCCCCCCCCCCCCCCCCCC. The number of carbonyl (C=O) groups excluding carboxylic acids is 1. The molecule has 0 rings (SSSR count). The highest BCUT2D eigenvalue weighted by atomic mass is 31.2. The number of hydrogen-bond donors (Lipinski definition) is 2. The summed E-state index contributed by atoms with van der Waals surface area (Å²) >= 11 is 0. The van der Waals surface area contributed by atoms with Gasteiger partial charge < -0.3 is 28.8 Å². The van der Waals surface area contributed by atoms with Crippen molar-refractivity contribution in [3.63, 3.8) is 0 Å². The van der Waals surface area contributed by atoms with Gasteiger partial charge in [0.25, 0.3) is 7.82 Å². The zero-order valence-corrected chi connectivity index (χ0v) is 54.8. The number of phosphoric ester groups is 1. The van der Waals surface area contributed by atoms with Crippen LogP contribution in [0.2, 0.25) is 0 Å². The number of aliphatic hydroxyl groups is 1. The quantitative estimate of drug-likeness (QED) is 0.0272. The third-order valence-electron chi connectivity index (χ3n) is 16.4. The number of allylic oxidation sites excluding steroid dienone is 3. The van der Waals surface area contributed by atoms with Crippen molar-refractivity contribution in [1.29, 1.82) is 0 Å². The van der Waals surface area contributed by atoms with Gasteiger partial charge in [0.05, 0.1) is 39.9 Å². The molecule has 470 valence electrons. The second-order valence-electron chi connectivity index (χ2n) is 25.6. The third-order valence-corrected chi connectivity index (χ3v) is 17.4. The van der Waals surface area contributed by atoms with Crippen LogP contribution in [0.4, 0.5) is 0 Å². The van der Waals surface area contributed by atoms with Crippen LogP contribution in [0.25, 0.3) is 0 Å². The van der Waals surface area contributed by atoms with Crippen molar-refractivity contribution < 1.29 is 32.9 Å². The highest BCUT2D eigenvalue weighted by molar-refractivity contribution is 7.45. The minimum absolute atomic E-state index is 0.00341. The molecule has 0 aliphatic rings. The van der Waals surface area contributed by atoms with Gasteiger partial charge in [-0.1, -0.05) is 353 Å². The van der Waals surface area contributed by atoms with Gasteiger partial charge in [0, 0.05) is 6.42 Å². The first-order chi connectivity index (χ1) is 38.5. The molecule has 79 heavy (non-hydrogen) atoms. The molecule has 3 unspecified atom stereocenters. The largest absolute Gasteiger partial charge is 0.756 e. The van der Waals surface area contributed by atoms with Crippen LogP contribution in [0, 0.1) is 0 Å². The molecule has 3 atom stereocenters. The van der Waals surface area contributed by atoms with Gasteiger partial charge in [0.2, 0.25) is 5.91 Å². The number of unbranched alkanes of at least 4 members (excludes halogenated alkanes) is 51. The van der Waals surface area contributed by atoms with E-state index in [1.165, 1.54) is 308 Å². The lowest BCUT2D eigenvalue weighted by atomic mass is 10.0. The molecule has 0 heterocycles. The number of nitrogens with zero attached hydrogens (tertiary/aromatic N) is 1. The summed E-state index contributed by atoms with van der Waals surface area (Å²) in [4.78, 5) is 25.6. The molecule has 0 aromatic carbocycles. The van der Waals surface area contributed by atoms with E-state index in [0.29, 0.717) is 17.4 Å². The molecule has 0 aliphatic heterocycles. The van der Waals surface area contributed by atoms with Crippen molar-refractivity contribution in [3.8, 4) is 0 Å². The van der Waals surface area contributed by atoms with Crippen molar-refractivity contribution in [1.82, 2.24) is 5.32 Å². The molecule has 0 aromatic rings. The summed E-state index contributed by atoms with van der Waals surface area (Å²) in [5.74, 6) is -0.198. The van der Waals surface area contributed by atoms with E-state index in [2.05, 4.69) is 31.3 Å². The molecule has 0 radical (unpaired) electrons. The van der Waals surface area contributed by atoms with E-state index in [0.717, 1.165) is 38.5 Å². The number of quaternary nitrogens is 1. The highest BCUT2D eigenvalue weighted by Gasteiger charge is 2.23. The Morgan fingerprint density at radius 2 is 0.709 bits per heavy atom. The maximum absolute atomic E-state index is 13.0.